The second-order valence-electron chi connectivity index (χ2n) is 5.99. The van der Waals surface area contributed by atoms with Gasteiger partial charge in [-0.05, 0) is 42.5 Å². The predicted octanol–water partition coefficient (Wildman–Crippen LogP) is 3.73. The number of fused-ring (bicyclic) bond motifs is 5. The minimum Gasteiger partial charge on any atom is -0.274 e. The molecule has 3 fully saturated rings. The molecule has 3 nitrogen and oxygen atoms in total. The Bertz CT molecular complexity index is 600. The van der Waals surface area contributed by atoms with Crippen LogP contribution in [-0.4, -0.2) is 21.5 Å². The van der Waals surface area contributed by atoms with Gasteiger partial charge in [0.25, 0.3) is 0 Å². The summed E-state index contributed by atoms with van der Waals surface area (Å²) in [6.45, 7) is 0. The molecule has 1 aliphatic heterocycles. The van der Waals surface area contributed by atoms with Gasteiger partial charge < -0.3 is 0 Å². The van der Waals surface area contributed by atoms with Crippen molar-refractivity contribution in [2.45, 2.75) is 16.1 Å². The van der Waals surface area contributed by atoms with E-state index in [2.05, 4.69) is 47.8 Å². The first-order valence-corrected chi connectivity index (χ1v) is 9.54. The highest BCUT2D eigenvalue weighted by Gasteiger charge is 2.66. The van der Waals surface area contributed by atoms with Crippen molar-refractivity contribution in [2.24, 2.45) is 23.7 Å². The van der Waals surface area contributed by atoms with Gasteiger partial charge in [0.2, 0.25) is 11.8 Å². The third kappa shape index (κ3) is 1.88. The zero-order chi connectivity index (χ0) is 14.9. The summed E-state index contributed by atoms with van der Waals surface area (Å²) in [5.74, 6) is 0.184. The standard InChI is InChI=1S/C15H12Br3NO2/c16-6-1-3-7(4-2-6)19-14(20)10-8-5-9(11(10)15(19)21)13(18)12(8)17/h1-4,8-13H,5H2/t8-,9-,10-,11-,12-,13+/m1/s1. The van der Waals surface area contributed by atoms with E-state index in [9.17, 15) is 9.59 Å². The number of nitrogens with zero attached hydrogens (tertiary/aromatic N) is 1. The van der Waals surface area contributed by atoms with E-state index < -0.39 is 0 Å². The summed E-state index contributed by atoms with van der Waals surface area (Å²) >= 11 is 10.8. The lowest BCUT2D eigenvalue weighted by molar-refractivity contribution is -0.123. The van der Waals surface area contributed by atoms with Gasteiger partial charge in [-0.15, -0.1) is 0 Å². The van der Waals surface area contributed by atoms with Crippen molar-refractivity contribution in [3.8, 4) is 0 Å². The van der Waals surface area contributed by atoms with Crippen molar-refractivity contribution in [1.29, 1.82) is 0 Å². The largest absolute Gasteiger partial charge is 0.274 e. The minimum absolute atomic E-state index is 0.0244. The first kappa shape index (κ1) is 14.4. The number of imide groups is 1. The van der Waals surface area contributed by atoms with Gasteiger partial charge in [0, 0.05) is 14.1 Å². The van der Waals surface area contributed by atoms with Crippen LogP contribution in [0.2, 0.25) is 0 Å². The number of alkyl halides is 2. The maximum Gasteiger partial charge on any atom is 0.238 e. The summed E-state index contributed by atoms with van der Waals surface area (Å²) in [4.78, 5) is 27.5. The van der Waals surface area contributed by atoms with Crippen LogP contribution in [0.3, 0.4) is 0 Å². The van der Waals surface area contributed by atoms with Crippen molar-refractivity contribution in [1.82, 2.24) is 0 Å². The second kappa shape index (κ2) is 4.90. The molecule has 2 saturated carbocycles. The molecule has 1 heterocycles. The normalized spacial score (nSPS) is 41.0. The van der Waals surface area contributed by atoms with E-state index in [0.29, 0.717) is 5.69 Å². The SMILES string of the molecule is O=C1[C@@H]2[C@H]3C[C@@H]([C@@H](Br)[C@H]3Br)[C@H]2C(=O)N1c1ccc(Br)cc1. The Morgan fingerprint density at radius 1 is 0.905 bits per heavy atom. The van der Waals surface area contributed by atoms with Crippen LogP contribution in [0.25, 0.3) is 0 Å². The van der Waals surface area contributed by atoms with Gasteiger partial charge in [0.05, 0.1) is 17.5 Å². The summed E-state index contributed by atoms with van der Waals surface area (Å²) in [5.41, 5.74) is 0.680. The van der Waals surface area contributed by atoms with E-state index in [1.165, 1.54) is 4.90 Å². The average Bonchev–Trinajstić information content (AvgIpc) is 3.06. The number of hydrogen-bond donors (Lipinski definition) is 0. The average molecular weight is 478 g/mol. The molecule has 110 valence electrons. The number of amides is 2. The molecule has 2 aliphatic carbocycles. The van der Waals surface area contributed by atoms with Crippen LogP contribution in [0.4, 0.5) is 5.69 Å². The number of hydrogen-bond acceptors (Lipinski definition) is 2. The van der Waals surface area contributed by atoms with Crippen LogP contribution < -0.4 is 4.90 Å². The third-order valence-corrected chi connectivity index (χ3v) is 8.81. The van der Waals surface area contributed by atoms with Gasteiger partial charge in [0.15, 0.2) is 0 Å². The lowest BCUT2D eigenvalue weighted by atomic mass is 9.81. The Hall–Kier alpha value is -0.200. The van der Waals surface area contributed by atoms with Crippen molar-refractivity contribution in [3.63, 3.8) is 0 Å². The van der Waals surface area contributed by atoms with Crippen LogP contribution >= 0.6 is 47.8 Å². The Morgan fingerprint density at radius 3 is 1.86 bits per heavy atom. The van der Waals surface area contributed by atoms with Crippen LogP contribution in [0.5, 0.6) is 0 Å². The zero-order valence-electron chi connectivity index (χ0n) is 10.9. The molecule has 3 aliphatic rings. The fourth-order valence-corrected chi connectivity index (χ4v) is 6.33. The van der Waals surface area contributed by atoms with Crippen LogP contribution in [0, 0.1) is 23.7 Å². The quantitative estimate of drug-likeness (QED) is 0.456. The first-order chi connectivity index (χ1) is 10.0. The molecule has 0 unspecified atom stereocenters. The lowest BCUT2D eigenvalue weighted by Crippen LogP contribution is -2.37. The molecule has 0 aromatic heterocycles. The van der Waals surface area contributed by atoms with Crippen molar-refractivity contribution in [2.75, 3.05) is 4.90 Å². The molecule has 0 spiro atoms. The molecule has 2 amide bonds. The fourth-order valence-electron chi connectivity index (χ4n) is 4.19. The molecule has 2 bridgehead atoms. The number of benzene rings is 1. The second-order valence-corrected chi connectivity index (χ2v) is 9.02. The highest BCUT2D eigenvalue weighted by molar-refractivity contribution is 9.12. The van der Waals surface area contributed by atoms with Gasteiger partial charge >= 0.3 is 0 Å². The monoisotopic (exact) mass is 475 g/mol. The zero-order valence-corrected chi connectivity index (χ0v) is 15.6. The van der Waals surface area contributed by atoms with E-state index in [1.807, 2.05) is 24.3 Å². The molecule has 1 aromatic carbocycles. The van der Waals surface area contributed by atoms with Gasteiger partial charge in [-0.2, -0.15) is 0 Å². The summed E-state index contributed by atoms with van der Waals surface area (Å²) < 4.78 is 0.937. The number of halogens is 3. The summed E-state index contributed by atoms with van der Waals surface area (Å²) in [6, 6.07) is 7.36. The Labute approximate surface area is 147 Å². The third-order valence-electron chi connectivity index (χ3n) is 5.07. The molecule has 0 N–H and O–H groups in total. The van der Waals surface area contributed by atoms with Crippen LogP contribution in [-0.2, 0) is 9.59 Å². The highest BCUT2D eigenvalue weighted by atomic mass is 79.9. The molecule has 21 heavy (non-hydrogen) atoms. The van der Waals surface area contributed by atoms with Gasteiger partial charge in [-0.25, -0.2) is 0 Å². The molecule has 1 aromatic rings. The predicted molar refractivity (Wildman–Crippen MR) is 90.6 cm³/mol. The molecular weight excluding hydrogens is 466 g/mol. The summed E-state index contributed by atoms with van der Waals surface area (Å²) in [7, 11) is 0. The molecular formula is C15H12Br3NO2. The topological polar surface area (TPSA) is 37.4 Å². The van der Waals surface area contributed by atoms with Gasteiger partial charge in [-0.1, -0.05) is 47.8 Å². The first-order valence-electron chi connectivity index (χ1n) is 6.92. The lowest BCUT2D eigenvalue weighted by Gasteiger charge is -2.28. The van der Waals surface area contributed by atoms with Crippen LogP contribution in [0.1, 0.15) is 6.42 Å². The molecule has 4 rings (SSSR count). The Morgan fingerprint density at radius 2 is 1.38 bits per heavy atom. The maximum absolute atomic E-state index is 12.8. The van der Waals surface area contributed by atoms with E-state index in [4.69, 9.17) is 0 Å². The molecule has 0 radical (unpaired) electrons. The summed E-state index contributed by atoms with van der Waals surface area (Å²) in [5, 5.41) is 0. The van der Waals surface area contributed by atoms with E-state index in [-0.39, 0.29) is 45.1 Å². The number of carbonyl (C=O) groups excluding carboxylic acids is 2. The number of anilines is 1. The van der Waals surface area contributed by atoms with Gasteiger partial charge in [0.1, 0.15) is 0 Å². The number of rotatable bonds is 1. The molecule has 1 saturated heterocycles. The van der Waals surface area contributed by atoms with E-state index >= 15 is 0 Å². The van der Waals surface area contributed by atoms with Crippen molar-refractivity contribution < 1.29 is 9.59 Å². The number of carbonyl (C=O) groups is 2. The highest BCUT2D eigenvalue weighted by Crippen LogP contribution is 2.60. The smallest absolute Gasteiger partial charge is 0.238 e. The maximum atomic E-state index is 12.8. The molecule has 6 heteroatoms. The summed E-state index contributed by atoms with van der Waals surface area (Å²) in [6.07, 6.45) is 0.965. The van der Waals surface area contributed by atoms with Crippen molar-refractivity contribution in [3.05, 3.63) is 28.7 Å². The fraction of sp³-hybridized carbons (Fsp3) is 0.467. The van der Waals surface area contributed by atoms with E-state index in [1.54, 1.807) is 0 Å². The van der Waals surface area contributed by atoms with E-state index in [0.717, 1.165) is 10.9 Å². The van der Waals surface area contributed by atoms with Crippen molar-refractivity contribution >= 4 is 65.3 Å². The van der Waals surface area contributed by atoms with Crippen LogP contribution in [0.15, 0.2) is 28.7 Å². The van der Waals surface area contributed by atoms with Gasteiger partial charge in [-0.3, -0.25) is 14.5 Å². The minimum atomic E-state index is -0.149. The Kier molecular flexibility index (Phi) is 3.36. The Balaban J connectivity index is 1.73. The molecule has 6 atom stereocenters.